The molecule has 0 saturated carbocycles. The van der Waals surface area contributed by atoms with Gasteiger partial charge in [0.25, 0.3) is 0 Å². The van der Waals surface area contributed by atoms with Gasteiger partial charge in [0.2, 0.25) is 0 Å². The Kier molecular flexibility index (Phi) is 1.95. The van der Waals surface area contributed by atoms with Gasteiger partial charge in [0, 0.05) is 6.21 Å². The summed E-state index contributed by atoms with van der Waals surface area (Å²) < 4.78 is 0.767. The first-order valence-corrected chi connectivity index (χ1v) is 3.25. The summed E-state index contributed by atoms with van der Waals surface area (Å²) in [4.78, 5) is 3.97. The number of aromatic nitrogens is 1. The Morgan fingerprint density at radius 3 is 2.78 bits per heavy atom. The second-order valence-electron chi connectivity index (χ2n) is 1.53. The Labute approximate surface area is 61.6 Å². The lowest BCUT2D eigenvalue weighted by molar-refractivity contribution is 1.25. The highest BCUT2D eigenvalue weighted by molar-refractivity contribution is 9.10. The van der Waals surface area contributed by atoms with Crippen molar-refractivity contribution in [1.29, 1.82) is 5.41 Å². The van der Waals surface area contributed by atoms with Gasteiger partial charge in [0.1, 0.15) is 4.60 Å². The number of hydrogen-bond donors (Lipinski definition) is 1. The van der Waals surface area contributed by atoms with Gasteiger partial charge < -0.3 is 5.41 Å². The summed E-state index contributed by atoms with van der Waals surface area (Å²) in [7, 11) is 0. The highest BCUT2D eigenvalue weighted by Crippen LogP contribution is 2.03. The zero-order valence-corrected chi connectivity index (χ0v) is 6.22. The van der Waals surface area contributed by atoms with E-state index >= 15 is 0 Å². The second-order valence-corrected chi connectivity index (χ2v) is 2.34. The van der Waals surface area contributed by atoms with Crippen molar-refractivity contribution in [3.05, 3.63) is 28.5 Å². The molecule has 1 aromatic rings. The Morgan fingerprint density at radius 1 is 1.56 bits per heavy atom. The van der Waals surface area contributed by atoms with Gasteiger partial charge in [-0.2, -0.15) is 0 Å². The van der Waals surface area contributed by atoms with Gasteiger partial charge in [-0.1, -0.05) is 6.07 Å². The molecule has 2 nitrogen and oxygen atoms in total. The first kappa shape index (κ1) is 6.42. The van der Waals surface area contributed by atoms with Gasteiger partial charge in [0.15, 0.2) is 0 Å². The summed E-state index contributed by atoms with van der Waals surface area (Å²) in [6, 6.07) is 5.45. The van der Waals surface area contributed by atoms with Crippen molar-refractivity contribution in [2.24, 2.45) is 0 Å². The van der Waals surface area contributed by atoms with Crippen LogP contribution < -0.4 is 0 Å². The van der Waals surface area contributed by atoms with E-state index < -0.39 is 0 Å². The van der Waals surface area contributed by atoms with Crippen molar-refractivity contribution in [2.75, 3.05) is 0 Å². The van der Waals surface area contributed by atoms with E-state index in [0.29, 0.717) is 5.69 Å². The van der Waals surface area contributed by atoms with Crippen molar-refractivity contribution in [1.82, 2.24) is 4.98 Å². The molecule has 0 amide bonds. The molecule has 0 fully saturated rings. The van der Waals surface area contributed by atoms with E-state index in [1.54, 1.807) is 6.07 Å². The lowest BCUT2D eigenvalue weighted by Gasteiger charge is -1.89. The molecule has 0 unspecified atom stereocenters. The van der Waals surface area contributed by atoms with Crippen LogP contribution in [-0.4, -0.2) is 11.2 Å². The van der Waals surface area contributed by atoms with Crippen molar-refractivity contribution >= 4 is 22.1 Å². The molecule has 46 valence electrons. The molecular weight excluding hydrogens is 180 g/mol. The fraction of sp³-hybridized carbons (Fsp3) is 0. The summed E-state index contributed by atoms with van der Waals surface area (Å²) >= 11 is 3.19. The molecule has 0 aromatic carbocycles. The molecular formula is C6H5BrN2. The topological polar surface area (TPSA) is 36.7 Å². The van der Waals surface area contributed by atoms with Crippen LogP contribution in [0.25, 0.3) is 0 Å². The maximum atomic E-state index is 6.83. The lowest BCUT2D eigenvalue weighted by Crippen LogP contribution is -1.84. The van der Waals surface area contributed by atoms with Crippen molar-refractivity contribution < 1.29 is 0 Å². The zero-order valence-electron chi connectivity index (χ0n) is 4.63. The van der Waals surface area contributed by atoms with E-state index in [-0.39, 0.29) is 0 Å². The summed E-state index contributed by atoms with van der Waals surface area (Å²) in [6.07, 6.45) is 1.21. The average Bonchev–Trinajstić information content (AvgIpc) is 1.88. The molecule has 0 aliphatic carbocycles. The molecule has 9 heavy (non-hydrogen) atoms. The van der Waals surface area contributed by atoms with Crippen molar-refractivity contribution in [3.63, 3.8) is 0 Å². The maximum absolute atomic E-state index is 6.83. The molecule has 0 atom stereocenters. The fourth-order valence-electron chi connectivity index (χ4n) is 0.504. The largest absolute Gasteiger partial charge is 0.307 e. The predicted octanol–water partition coefficient (Wildman–Crippen LogP) is 1.84. The molecule has 1 rings (SSSR count). The Morgan fingerprint density at radius 2 is 2.33 bits per heavy atom. The number of rotatable bonds is 1. The normalized spacial score (nSPS) is 9.00. The number of nitrogens with one attached hydrogen (secondary N) is 1. The standard InChI is InChI=1S/C6H5BrN2/c7-6-3-1-2-5(4-8)9-6/h1-4,8H. The molecule has 1 aromatic heterocycles. The van der Waals surface area contributed by atoms with Gasteiger partial charge in [-0.15, -0.1) is 0 Å². The van der Waals surface area contributed by atoms with Crippen LogP contribution in [0.4, 0.5) is 0 Å². The number of pyridine rings is 1. The second kappa shape index (κ2) is 2.73. The van der Waals surface area contributed by atoms with Gasteiger partial charge in [0.05, 0.1) is 5.69 Å². The summed E-state index contributed by atoms with van der Waals surface area (Å²) in [5.74, 6) is 0. The maximum Gasteiger partial charge on any atom is 0.106 e. The molecule has 1 heterocycles. The van der Waals surface area contributed by atoms with Crippen LogP contribution in [0.2, 0.25) is 0 Å². The smallest absolute Gasteiger partial charge is 0.106 e. The van der Waals surface area contributed by atoms with Crippen LogP contribution in [0.3, 0.4) is 0 Å². The number of halogens is 1. The van der Waals surface area contributed by atoms with Gasteiger partial charge in [-0.05, 0) is 28.1 Å². The molecule has 0 radical (unpaired) electrons. The highest BCUT2D eigenvalue weighted by Gasteiger charge is 1.87. The third-order valence-electron chi connectivity index (χ3n) is 0.885. The zero-order chi connectivity index (χ0) is 6.69. The first-order chi connectivity index (χ1) is 4.33. The minimum absolute atomic E-state index is 0.671. The van der Waals surface area contributed by atoms with E-state index in [9.17, 15) is 0 Å². The van der Waals surface area contributed by atoms with Crippen molar-refractivity contribution in [3.8, 4) is 0 Å². The van der Waals surface area contributed by atoms with E-state index in [0.717, 1.165) is 4.60 Å². The molecule has 0 aliphatic heterocycles. The Bertz CT molecular complexity index is 222. The minimum atomic E-state index is 0.671. The van der Waals surface area contributed by atoms with Crippen LogP contribution >= 0.6 is 15.9 Å². The third-order valence-corrected chi connectivity index (χ3v) is 1.33. The first-order valence-electron chi connectivity index (χ1n) is 2.46. The fourth-order valence-corrected chi connectivity index (χ4v) is 0.862. The Hall–Kier alpha value is -0.700. The highest BCUT2D eigenvalue weighted by atomic mass is 79.9. The molecule has 3 heteroatoms. The van der Waals surface area contributed by atoms with E-state index in [1.165, 1.54) is 6.21 Å². The van der Waals surface area contributed by atoms with Crippen molar-refractivity contribution in [2.45, 2.75) is 0 Å². The van der Waals surface area contributed by atoms with Gasteiger partial charge in [-0.25, -0.2) is 4.98 Å². The van der Waals surface area contributed by atoms with Crippen LogP contribution in [0, 0.1) is 5.41 Å². The lowest BCUT2D eigenvalue weighted by atomic mass is 10.4. The minimum Gasteiger partial charge on any atom is -0.307 e. The van der Waals surface area contributed by atoms with E-state index in [2.05, 4.69) is 20.9 Å². The average molecular weight is 185 g/mol. The monoisotopic (exact) mass is 184 g/mol. The molecule has 1 N–H and O–H groups in total. The molecule has 0 bridgehead atoms. The van der Waals surface area contributed by atoms with E-state index in [1.807, 2.05) is 12.1 Å². The summed E-state index contributed by atoms with van der Waals surface area (Å²) in [5, 5.41) is 6.83. The molecule has 0 saturated heterocycles. The number of nitrogens with zero attached hydrogens (tertiary/aromatic N) is 1. The Balaban J connectivity index is 3.07. The van der Waals surface area contributed by atoms with Crippen LogP contribution in [-0.2, 0) is 0 Å². The number of hydrogen-bond acceptors (Lipinski definition) is 2. The quantitative estimate of drug-likeness (QED) is 0.525. The van der Waals surface area contributed by atoms with E-state index in [4.69, 9.17) is 5.41 Å². The molecule has 0 spiro atoms. The summed E-state index contributed by atoms with van der Waals surface area (Å²) in [5.41, 5.74) is 0.671. The predicted molar refractivity (Wildman–Crippen MR) is 39.8 cm³/mol. The van der Waals surface area contributed by atoms with Crippen LogP contribution in [0.15, 0.2) is 22.8 Å². The van der Waals surface area contributed by atoms with Crippen LogP contribution in [0.1, 0.15) is 5.69 Å². The van der Waals surface area contributed by atoms with Gasteiger partial charge in [-0.3, -0.25) is 0 Å². The third kappa shape index (κ3) is 1.61. The molecule has 0 aliphatic rings. The van der Waals surface area contributed by atoms with Crippen LogP contribution in [0.5, 0.6) is 0 Å². The SMILES string of the molecule is N=Cc1cccc(Br)n1. The van der Waals surface area contributed by atoms with Gasteiger partial charge >= 0.3 is 0 Å². The summed E-state index contributed by atoms with van der Waals surface area (Å²) in [6.45, 7) is 0.